The number of hydrogen-bond acceptors (Lipinski definition) is 3. The van der Waals surface area contributed by atoms with Crippen LogP contribution in [0.25, 0.3) is 22.6 Å². The van der Waals surface area contributed by atoms with Gasteiger partial charge in [-0.2, -0.15) is 5.10 Å². The third-order valence-electron chi connectivity index (χ3n) is 3.56. The van der Waals surface area contributed by atoms with E-state index < -0.39 is 5.97 Å². The summed E-state index contributed by atoms with van der Waals surface area (Å²) in [6.07, 6.45) is 0. The number of aromatic nitrogens is 4. The second-order valence-corrected chi connectivity index (χ2v) is 4.99. The minimum atomic E-state index is -0.946. The van der Waals surface area contributed by atoms with Gasteiger partial charge in [0.05, 0.1) is 22.3 Å². The molecule has 108 valence electrons. The molecule has 0 saturated heterocycles. The maximum absolute atomic E-state index is 11.1. The first-order valence-electron chi connectivity index (χ1n) is 6.76. The van der Waals surface area contributed by atoms with Crippen LogP contribution in [-0.2, 0) is 13.6 Å². The molecule has 2 heterocycles. The molecule has 0 amide bonds. The molecule has 0 spiro atoms. The minimum absolute atomic E-state index is 0.243. The Morgan fingerprint density at radius 3 is 2.76 bits per heavy atom. The van der Waals surface area contributed by atoms with E-state index in [9.17, 15) is 4.79 Å². The van der Waals surface area contributed by atoms with Crippen LogP contribution in [0.15, 0.2) is 24.3 Å². The number of rotatable bonds is 3. The predicted molar refractivity (Wildman–Crippen MR) is 79.3 cm³/mol. The van der Waals surface area contributed by atoms with Crippen molar-refractivity contribution in [1.82, 2.24) is 19.3 Å². The molecule has 3 rings (SSSR count). The molecule has 0 radical (unpaired) electrons. The predicted octanol–water partition coefficient (Wildman–Crippen LogP) is 2.46. The summed E-state index contributed by atoms with van der Waals surface area (Å²) >= 11 is 0. The number of benzene rings is 1. The highest BCUT2D eigenvalue weighted by Gasteiger charge is 2.16. The van der Waals surface area contributed by atoms with E-state index in [0.29, 0.717) is 5.52 Å². The van der Waals surface area contributed by atoms with Gasteiger partial charge in [0.1, 0.15) is 5.69 Å². The Kier molecular flexibility index (Phi) is 3.01. The Labute approximate surface area is 121 Å². The second kappa shape index (κ2) is 4.73. The van der Waals surface area contributed by atoms with Gasteiger partial charge >= 0.3 is 5.97 Å². The highest BCUT2D eigenvalue weighted by Crippen LogP contribution is 2.25. The quantitative estimate of drug-likeness (QED) is 0.802. The van der Waals surface area contributed by atoms with E-state index in [1.807, 2.05) is 36.2 Å². The SMILES string of the molecule is CCn1nc(C)cc1-c1nc2cc(C(=O)O)ccc2n1C. The normalized spacial score (nSPS) is 11.2. The molecule has 0 aliphatic rings. The van der Waals surface area contributed by atoms with Gasteiger partial charge in [-0.05, 0) is 38.1 Å². The largest absolute Gasteiger partial charge is 0.478 e. The molecule has 0 aliphatic heterocycles. The number of hydrogen-bond donors (Lipinski definition) is 1. The number of aromatic carboxylic acids is 1. The number of fused-ring (bicyclic) bond motifs is 1. The van der Waals surface area contributed by atoms with E-state index >= 15 is 0 Å². The van der Waals surface area contributed by atoms with Gasteiger partial charge in [0.2, 0.25) is 0 Å². The summed E-state index contributed by atoms with van der Waals surface area (Å²) in [5, 5.41) is 13.5. The first-order valence-corrected chi connectivity index (χ1v) is 6.76. The zero-order valence-electron chi connectivity index (χ0n) is 12.2. The van der Waals surface area contributed by atoms with Crippen LogP contribution in [0.3, 0.4) is 0 Å². The molecule has 6 nitrogen and oxygen atoms in total. The molecule has 1 N–H and O–H groups in total. The third-order valence-corrected chi connectivity index (χ3v) is 3.56. The first kappa shape index (κ1) is 13.4. The molecule has 6 heteroatoms. The van der Waals surface area contributed by atoms with Crippen molar-refractivity contribution in [3.05, 3.63) is 35.5 Å². The lowest BCUT2D eigenvalue weighted by molar-refractivity contribution is 0.0697. The summed E-state index contributed by atoms with van der Waals surface area (Å²) in [5.74, 6) is -0.159. The fourth-order valence-corrected chi connectivity index (χ4v) is 2.53. The lowest BCUT2D eigenvalue weighted by Gasteiger charge is -2.04. The smallest absolute Gasteiger partial charge is 0.335 e. The van der Waals surface area contributed by atoms with Crippen LogP contribution >= 0.6 is 0 Å². The fourth-order valence-electron chi connectivity index (χ4n) is 2.53. The average molecular weight is 284 g/mol. The van der Waals surface area contributed by atoms with Gasteiger partial charge in [0.15, 0.2) is 5.82 Å². The monoisotopic (exact) mass is 284 g/mol. The summed E-state index contributed by atoms with van der Waals surface area (Å²) in [6, 6.07) is 6.97. The van der Waals surface area contributed by atoms with E-state index in [-0.39, 0.29) is 5.56 Å². The molecule has 21 heavy (non-hydrogen) atoms. The van der Waals surface area contributed by atoms with Crippen molar-refractivity contribution in [2.45, 2.75) is 20.4 Å². The van der Waals surface area contributed by atoms with Crippen LogP contribution in [0.4, 0.5) is 0 Å². The van der Waals surface area contributed by atoms with Gasteiger partial charge < -0.3 is 9.67 Å². The lowest BCUT2D eigenvalue weighted by Crippen LogP contribution is -2.02. The zero-order valence-corrected chi connectivity index (χ0v) is 12.2. The molecule has 1 aromatic carbocycles. The second-order valence-electron chi connectivity index (χ2n) is 4.99. The molecule has 2 aromatic heterocycles. The molecule has 0 bridgehead atoms. The van der Waals surface area contributed by atoms with E-state index in [2.05, 4.69) is 10.1 Å². The average Bonchev–Trinajstić information content (AvgIpc) is 2.98. The summed E-state index contributed by atoms with van der Waals surface area (Å²) in [4.78, 5) is 15.6. The molecule has 0 atom stereocenters. The number of imidazole rings is 1. The van der Waals surface area contributed by atoms with Crippen LogP contribution in [0.1, 0.15) is 23.0 Å². The molecule has 0 fully saturated rings. The van der Waals surface area contributed by atoms with Crippen LogP contribution in [0.5, 0.6) is 0 Å². The Bertz CT molecular complexity index is 845. The molecular weight excluding hydrogens is 268 g/mol. The lowest BCUT2D eigenvalue weighted by atomic mass is 10.2. The molecule has 0 saturated carbocycles. The van der Waals surface area contributed by atoms with Gasteiger partial charge in [-0.1, -0.05) is 0 Å². The van der Waals surface area contributed by atoms with Crippen molar-refractivity contribution in [3.63, 3.8) is 0 Å². The van der Waals surface area contributed by atoms with E-state index in [0.717, 1.165) is 29.3 Å². The standard InChI is InChI=1S/C15H16N4O2/c1-4-19-13(7-9(2)17-19)14-16-11-8-10(15(20)21)5-6-12(11)18(14)3/h5-8H,4H2,1-3H3,(H,20,21). The summed E-state index contributed by atoms with van der Waals surface area (Å²) < 4.78 is 3.86. The number of carbonyl (C=O) groups is 1. The van der Waals surface area contributed by atoms with Gasteiger partial charge in [-0.25, -0.2) is 9.78 Å². The van der Waals surface area contributed by atoms with Crippen LogP contribution in [0.2, 0.25) is 0 Å². The van der Waals surface area contributed by atoms with Crippen molar-refractivity contribution >= 4 is 17.0 Å². The Morgan fingerprint density at radius 2 is 2.10 bits per heavy atom. The van der Waals surface area contributed by atoms with Crippen molar-refractivity contribution in [2.24, 2.45) is 7.05 Å². The van der Waals surface area contributed by atoms with Crippen molar-refractivity contribution in [2.75, 3.05) is 0 Å². The Hall–Kier alpha value is -2.63. The molecule has 3 aromatic rings. The molecule has 0 aliphatic carbocycles. The minimum Gasteiger partial charge on any atom is -0.478 e. The highest BCUT2D eigenvalue weighted by molar-refractivity contribution is 5.93. The van der Waals surface area contributed by atoms with Crippen LogP contribution < -0.4 is 0 Å². The summed E-state index contributed by atoms with van der Waals surface area (Å²) in [5.41, 5.74) is 3.69. The number of nitrogens with zero attached hydrogens (tertiary/aromatic N) is 4. The topological polar surface area (TPSA) is 72.9 Å². The maximum Gasteiger partial charge on any atom is 0.335 e. The van der Waals surface area contributed by atoms with Gasteiger partial charge in [0, 0.05) is 13.6 Å². The Balaban J connectivity index is 2.23. The van der Waals surface area contributed by atoms with E-state index in [4.69, 9.17) is 5.11 Å². The van der Waals surface area contributed by atoms with E-state index in [1.54, 1.807) is 18.2 Å². The van der Waals surface area contributed by atoms with Crippen LogP contribution in [-0.4, -0.2) is 30.4 Å². The molecule has 0 unspecified atom stereocenters. The number of carboxylic acids is 1. The summed E-state index contributed by atoms with van der Waals surface area (Å²) in [6.45, 7) is 4.73. The van der Waals surface area contributed by atoms with Gasteiger partial charge in [-0.15, -0.1) is 0 Å². The zero-order chi connectivity index (χ0) is 15.1. The maximum atomic E-state index is 11.1. The Morgan fingerprint density at radius 1 is 1.33 bits per heavy atom. The van der Waals surface area contributed by atoms with Gasteiger partial charge in [0.25, 0.3) is 0 Å². The highest BCUT2D eigenvalue weighted by atomic mass is 16.4. The third kappa shape index (κ3) is 2.08. The van der Waals surface area contributed by atoms with E-state index in [1.165, 1.54) is 0 Å². The van der Waals surface area contributed by atoms with Crippen LogP contribution in [0, 0.1) is 6.92 Å². The van der Waals surface area contributed by atoms with Crippen molar-refractivity contribution < 1.29 is 9.90 Å². The summed E-state index contributed by atoms with van der Waals surface area (Å²) in [7, 11) is 1.92. The first-order chi connectivity index (χ1) is 10.0. The fraction of sp³-hybridized carbons (Fsp3) is 0.267. The van der Waals surface area contributed by atoms with Crippen molar-refractivity contribution in [1.29, 1.82) is 0 Å². The van der Waals surface area contributed by atoms with Crippen molar-refractivity contribution in [3.8, 4) is 11.5 Å². The number of carboxylic acid groups (broad SMARTS) is 1. The molecular formula is C15H16N4O2. The van der Waals surface area contributed by atoms with Gasteiger partial charge in [-0.3, -0.25) is 4.68 Å². The number of aryl methyl sites for hydroxylation is 3.